The highest BCUT2D eigenvalue weighted by molar-refractivity contribution is 6.29. The highest BCUT2D eigenvalue weighted by Gasteiger charge is 2.11. The van der Waals surface area contributed by atoms with Crippen LogP contribution in [0.25, 0.3) is 10.9 Å². The molecule has 0 saturated carbocycles. The van der Waals surface area contributed by atoms with Crippen LogP contribution >= 0.6 is 11.6 Å². The molecule has 2 N–H and O–H groups in total. The summed E-state index contributed by atoms with van der Waals surface area (Å²) < 4.78 is 4.97. The van der Waals surface area contributed by atoms with Gasteiger partial charge >= 0.3 is 0 Å². The first-order valence-electron chi connectivity index (χ1n) is 5.99. The van der Waals surface area contributed by atoms with Crippen molar-refractivity contribution in [1.29, 1.82) is 0 Å². The van der Waals surface area contributed by atoms with Crippen molar-refractivity contribution in [3.05, 3.63) is 41.2 Å². The van der Waals surface area contributed by atoms with Crippen LogP contribution in [-0.4, -0.2) is 33.2 Å². The molecular formula is C13H10ClN5O2. The minimum absolute atomic E-state index is 0.0778. The average molecular weight is 304 g/mol. The maximum Gasteiger partial charge on any atom is 0.258 e. The van der Waals surface area contributed by atoms with Crippen molar-refractivity contribution >= 4 is 34.4 Å². The fraction of sp³-hybridized carbons (Fsp3) is 0.0769. The Morgan fingerprint density at radius 1 is 1.33 bits per heavy atom. The number of fused-ring (bicyclic) bond motifs is 1. The van der Waals surface area contributed by atoms with E-state index < -0.39 is 0 Å². The molecule has 0 aliphatic heterocycles. The van der Waals surface area contributed by atoms with Gasteiger partial charge in [0.05, 0.1) is 18.8 Å². The summed E-state index contributed by atoms with van der Waals surface area (Å²) in [6.45, 7) is 0. The molecule has 0 spiro atoms. The first kappa shape index (κ1) is 13.3. The molecule has 3 aromatic rings. The van der Waals surface area contributed by atoms with Gasteiger partial charge in [-0.25, -0.2) is 4.98 Å². The number of rotatable bonds is 3. The molecule has 0 aliphatic rings. The van der Waals surface area contributed by atoms with Crippen molar-refractivity contribution in [1.82, 2.24) is 20.2 Å². The maximum absolute atomic E-state index is 12.2. The minimum atomic E-state index is -0.351. The summed E-state index contributed by atoms with van der Waals surface area (Å²) in [6.07, 6.45) is 1.68. The SMILES string of the molecule is COc1cc(Cl)nc(NC(=O)c2ccc3cn[nH]c3c2)n1. The third-order valence-corrected chi connectivity index (χ3v) is 3.00. The van der Waals surface area contributed by atoms with Gasteiger partial charge in [-0.2, -0.15) is 10.1 Å². The fourth-order valence-corrected chi connectivity index (χ4v) is 1.98. The van der Waals surface area contributed by atoms with E-state index in [1.54, 1.807) is 24.4 Å². The number of anilines is 1. The van der Waals surface area contributed by atoms with Gasteiger partial charge in [-0.15, -0.1) is 0 Å². The molecule has 8 heteroatoms. The molecule has 0 unspecified atom stereocenters. The van der Waals surface area contributed by atoms with Crippen LogP contribution in [0, 0.1) is 0 Å². The number of nitrogens with zero attached hydrogens (tertiary/aromatic N) is 3. The summed E-state index contributed by atoms with van der Waals surface area (Å²) >= 11 is 5.83. The lowest BCUT2D eigenvalue weighted by Gasteiger charge is -2.06. The van der Waals surface area contributed by atoms with Crippen LogP contribution < -0.4 is 10.1 Å². The number of hydrogen-bond donors (Lipinski definition) is 2. The number of methoxy groups -OCH3 is 1. The molecule has 3 rings (SSSR count). The Hall–Kier alpha value is -2.67. The second kappa shape index (κ2) is 5.37. The standard InChI is InChI=1S/C13H10ClN5O2/c1-21-11-5-10(14)16-13(17-11)18-12(20)7-2-3-8-6-15-19-9(8)4-7/h2-6H,1H3,(H,15,19)(H,16,17,18,20). The number of H-pyrrole nitrogens is 1. The molecule has 2 heterocycles. The summed E-state index contributed by atoms with van der Waals surface area (Å²) in [7, 11) is 1.45. The van der Waals surface area contributed by atoms with E-state index in [1.807, 2.05) is 0 Å². The molecule has 0 radical (unpaired) electrons. The molecule has 0 aliphatic carbocycles. The lowest BCUT2D eigenvalue weighted by atomic mass is 10.1. The second-order valence-electron chi connectivity index (χ2n) is 4.18. The number of amides is 1. The Morgan fingerprint density at radius 2 is 2.19 bits per heavy atom. The summed E-state index contributed by atoms with van der Waals surface area (Å²) in [6, 6.07) is 6.63. The molecule has 0 saturated heterocycles. The highest BCUT2D eigenvalue weighted by Crippen LogP contribution is 2.17. The first-order chi connectivity index (χ1) is 10.2. The van der Waals surface area contributed by atoms with E-state index in [0.717, 1.165) is 10.9 Å². The topological polar surface area (TPSA) is 92.8 Å². The molecule has 21 heavy (non-hydrogen) atoms. The van der Waals surface area contributed by atoms with E-state index in [2.05, 4.69) is 25.5 Å². The monoisotopic (exact) mass is 303 g/mol. The van der Waals surface area contributed by atoms with Crippen molar-refractivity contribution in [3.63, 3.8) is 0 Å². The predicted octanol–water partition coefficient (Wildman–Crippen LogP) is 2.27. The van der Waals surface area contributed by atoms with Gasteiger partial charge in [0.2, 0.25) is 11.8 Å². The number of carbonyl (C=O) groups is 1. The molecule has 0 bridgehead atoms. The van der Waals surface area contributed by atoms with Crippen LogP contribution in [0.4, 0.5) is 5.95 Å². The van der Waals surface area contributed by atoms with Crippen LogP contribution in [0.1, 0.15) is 10.4 Å². The average Bonchev–Trinajstić information content (AvgIpc) is 2.93. The van der Waals surface area contributed by atoms with Gasteiger partial charge in [-0.05, 0) is 12.1 Å². The summed E-state index contributed by atoms with van der Waals surface area (Å²) in [5, 5.41) is 10.4. The van der Waals surface area contributed by atoms with Crippen LogP contribution in [0.3, 0.4) is 0 Å². The number of benzene rings is 1. The normalized spacial score (nSPS) is 10.6. The van der Waals surface area contributed by atoms with Crippen molar-refractivity contribution in [2.45, 2.75) is 0 Å². The maximum atomic E-state index is 12.2. The van der Waals surface area contributed by atoms with E-state index in [4.69, 9.17) is 16.3 Å². The van der Waals surface area contributed by atoms with E-state index in [9.17, 15) is 4.79 Å². The van der Waals surface area contributed by atoms with Gasteiger partial charge in [-0.1, -0.05) is 17.7 Å². The van der Waals surface area contributed by atoms with Crippen LogP contribution in [-0.2, 0) is 0 Å². The molecular weight excluding hydrogens is 294 g/mol. The Morgan fingerprint density at radius 3 is 3.00 bits per heavy atom. The zero-order chi connectivity index (χ0) is 14.8. The zero-order valence-corrected chi connectivity index (χ0v) is 11.7. The molecule has 0 fully saturated rings. The van der Waals surface area contributed by atoms with E-state index >= 15 is 0 Å². The Labute approximate surface area is 124 Å². The molecule has 106 valence electrons. The summed E-state index contributed by atoms with van der Waals surface area (Å²) in [5.74, 6) is -0.000743. The minimum Gasteiger partial charge on any atom is -0.481 e. The molecule has 0 atom stereocenters. The number of nitrogens with one attached hydrogen (secondary N) is 2. The van der Waals surface area contributed by atoms with E-state index in [-0.39, 0.29) is 22.9 Å². The number of aromatic amines is 1. The molecule has 7 nitrogen and oxygen atoms in total. The Kier molecular flexibility index (Phi) is 3.41. The number of carbonyl (C=O) groups excluding carboxylic acids is 1. The van der Waals surface area contributed by atoms with Gasteiger partial charge in [0, 0.05) is 17.0 Å². The third-order valence-electron chi connectivity index (χ3n) is 2.81. The quantitative estimate of drug-likeness (QED) is 0.724. The largest absolute Gasteiger partial charge is 0.481 e. The van der Waals surface area contributed by atoms with Crippen molar-refractivity contribution in [2.24, 2.45) is 0 Å². The van der Waals surface area contributed by atoms with E-state index in [1.165, 1.54) is 13.2 Å². The number of aromatic nitrogens is 4. The molecule has 2 aromatic heterocycles. The lowest BCUT2D eigenvalue weighted by molar-refractivity contribution is 0.102. The van der Waals surface area contributed by atoms with Gasteiger partial charge in [0.25, 0.3) is 5.91 Å². The second-order valence-corrected chi connectivity index (χ2v) is 4.57. The van der Waals surface area contributed by atoms with E-state index in [0.29, 0.717) is 5.56 Å². The predicted molar refractivity (Wildman–Crippen MR) is 77.6 cm³/mol. The van der Waals surface area contributed by atoms with Crippen LogP contribution in [0.2, 0.25) is 5.15 Å². The molecule has 1 amide bonds. The Bertz CT molecular complexity index is 817. The fourth-order valence-electron chi connectivity index (χ4n) is 1.81. The number of halogens is 1. The van der Waals surface area contributed by atoms with Gasteiger partial charge < -0.3 is 4.74 Å². The van der Waals surface area contributed by atoms with Crippen LogP contribution in [0.15, 0.2) is 30.5 Å². The van der Waals surface area contributed by atoms with Crippen LogP contribution in [0.5, 0.6) is 5.88 Å². The highest BCUT2D eigenvalue weighted by atomic mass is 35.5. The molecule has 1 aromatic carbocycles. The van der Waals surface area contributed by atoms with Crippen molar-refractivity contribution in [2.75, 3.05) is 12.4 Å². The number of hydrogen-bond acceptors (Lipinski definition) is 5. The van der Waals surface area contributed by atoms with Gasteiger partial charge in [0.1, 0.15) is 5.15 Å². The number of ether oxygens (including phenoxy) is 1. The van der Waals surface area contributed by atoms with Gasteiger partial charge in [-0.3, -0.25) is 15.2 Å². The third kappa shape index (κ3) is 2.77. The zero-order valence-electron chi connectivity index (χ0n) is 10.9. The smallest absolute Gasteiger partial charge is 0.258 e. The van der Waals surface area contributed by atoms with Crippen molar-refractivity contribution in [3.8, 4) is 5.88 Å². The Balaban J connectivity index is 1.86. The lowest BCUT2D eigenvalue weighted by Crippen LogP contribution is -2.14. The van der Waals surface area contributed by atoms with Gasteiger partial charge in [0.15, 0.2) is 0 Å². The van der Waals surface area contributed by atoms with Crippen molar-refractivity contribution < 1.29 is 9.53 Å². The summed E-state index contributed by atoms with van der Waals surface area (Å²) in [4.78, 5) is 20.1. The first-order valence-corrected chi connectivity index (χ1v) is 6.36. The summed E-state index contributed by atoms with van der Waals surface area (Å²) in [5.41, 5.74) is 1.22.